The van der Waals surface area contributed by atoms with Crippen LogP contribution in [0.25, 0.3) is 16.2 Å². The molecule has 2 aromatic heterocycles. The Labute approximate surface area is 124 Å². The van der Waals surface area contributed by atoms with E-state index in [1.807, 2.05) is 35.0 Å². The summed E-state index contributed by atoms with van der Waals surface area (Å²) in [7, 11) is 0. The Bertz CT molecular complexity index is 628. The summed E-state index contributed by atoms with van der Waals surface area (Å²) in [5.74, 6) is 0. The predicted octanol–water partition coefficient (Wildman–Crippen LogP) is 4.25. The first-order valence-corrected chi connectivity index (χ1v) is 6.57. The number of halogens is 2. The highest BCUT2D eigenvalue weighted by atomic mass is 79.9. The summed E-state index contributed by atoms with van der Waals surface area (Å²) in [6, 6.07) is 7.68. The molecule has 0 atom stereocenters. The van der Waals surface area contributed by atoms with Gasteiger partial charge in [0.2, 0.25) is 4.96 Å². The molecule has 6 heteroatoms. The average Bonchev–Trinajstić information content (AvgIpc) is 2.87. The van der Waals surface area contributed by atoms with E-state index in [2.05, 4.69) is 17.0 Å². The number of nitrogens with zero attached hydrogens (tertiary/aromatic N) is 3. The molecule has 0 bridgehead atoms. The molecule has 3 nitrogen and oxygen atoms in total. The predicted molar refractivity (Wildman–Crippen MR) is 81.0 cm³/mol. The van der Waals surface area contributed by atoms with Crippen LogP contribution < -0.4 is 0 Å². The van der Waals surface area contributed by atoms with Crippen LogP contribution in [0.1, 0.15) is 11.9 Å². The molecule has 0 aliphatic heterocycles. The van der Waals surface area contributed by atoms with Crippen molar-refractivity contribution >= 4 is 44.9 Å². The van der Waals surface area contributed by atoms with E-state index in [-0.39, 0.29) is 17.0 Å². The third kappa shape index (κ3) is 2.43. The van der Waals surface area contributed by atoms with E-state index in [0.717, 1.165) is 32.7 Å². The number of fused-ring (bicyclic) bond motifs is 1. The maximum absolute atomic E-state index is 5.86. The lowest BCUT2D eigenvalue weighted by molar-refractivity contribution is 0.910. The molecule has 0 spiro atoms. The average molecular weight is 345 g/mol. The van der Waals surface area contributed by atoms with Gasteiger partial charge in [0.25, 0.3) is 0 Å². The van der Waals surface area contributed by atoms with E-state index >= 15 is 0 Å². The fourth-order valence-electron chi connectivity index (χ4n) is 1.64. The summed E-state index contributed by atoms with van der Waals surface area (Å²) in [5, 5.41) is 6.29. The van der Waals surface area contributed by atoms with Crippen LogP contribution in [0.2, 0.25) is 5.02 Å². The van der Waals surface area contributed by atoms with Crippen LogP contribution in [-0.4, -0.2) is 14.6 Å². The molecule has 0 saturated carbocycles. The number of hydrogen-bond acceptors (Lipinski definition) is 3. The standard InChI is InChI=1S/C12H10ClN3S.BrH/c1-2-11-15-16-7-10(14-12(16)17-11)8-3-5-9(13)6-4-8;/h3-7H,2H2,1H3;1H. The lowest BCUT2D eigenvalue weighted by Gasteiger charge is -1.95. The quantitative estimate of drug-likeness (QED) is 0.695. The third-order valence-electron chi connectivity index (χ3n) is 2.53. The molecule has 0 unspecified atom stereocenters. The highest BCUT2D eigenvalue weighted by molar-refractivity contribution is 8.93. The van der Waals surface area contributed by atoms with Crippen LogP contribution in [0.3, 0.4) is 0 Å². The molecule has 0 saturated heterocycles. The van der Waals surface area contributed by atoms with Gasteiger partial charge >= 0.3 is 0 Å². The zero-order valence-corrected chi connectivity index (χ0v) is 12.9. The van der Waals surface area contributed by atoms with Crippen LogP contribution in [0.5, 0.6) is 0 Å². The summed E-state index contributed by atoms with van der Waals surface area (Å²) in [6.07, 6.45) is 2.90. The van der Waals surface area contributed by atoms with Gasteiger partial charge in [-0.15, -0.1) is 17.0 Å². The minimum absolute atomic E-state index is 0. The van der Waals surface area contributed by atoms with Gasteiger partial charge in [-0.1, -0.05) is 42.0 Å². The second kappa shape index (κ2) is 5.38. The van der Waals surface area contributed by atoms with Crippen molar-refractivity contribution in [3.8, 4) is 11.3 Å². The molecule has 0 amide bonds. The SMILES string of the molecule is Br.CCc1nn2cc(-c3ccc(Cl)cc3)nc2s1. The van der Waals surface area contributed by atoms with Crippen molar-refractivity contribution in [3.05, 3.63) is 40.5 Å². The fourth-order valence-corrected chi connectivity index (χ4v) is 2.58. The maximum atomic E-state index is 5.86. The highest BCUT2D eigenvalue weighted by Crippen LogP contribution is 2.23. The molecule has 0 N–H and O–H groups in total. The van der Waals surface area contributed by atoms with Crippen molar-refractivity contribution in [2.45, 2.75) is 13.3 Å². The number of aromatic nitrogens is 3. The lowest BCUT2D eigenvalue weighted by atomic mass is 10.2. The Morgan fingerprint density at radius 1 is 1.28 bits per heavy atom. The van der Waals surface area contributed by atoms with E-state index in [0.29, 0.717) is 0 Å². The number of hydrogen-bond donors (Lipinski definition) is 0. The van der Waals surface area contributed by atoms with Crippen molar-refractivity contribution in [1.29, 1.82) is 0 Å². The van der Waals surface area contributed by atoms with Crippen LogP contribution in [0.4, 0.5) is 0 Å². The van der Waals surface area contributed by atoms with Crippen LogP contribution >= 0.6 is 39.9 Å². The Morgan fingerprint density at radius 2 is 2.00 bits per heavy atom. The minimum atomic E-state index is 0. The molecule has 3 aromatic rings. The van der Waals surface area contributed by atoms with Gasteiger partial charge in [0.05, 0.1) is 11.9 Å². The number of rotatable bonds is 2. The number of aryl methyl sites for hydroxylation is 1. The molecule has 3 rings (SSSR count). The maximum Gasteiger partial charge on any atom is 0.212 e. The highest BCUT2D eigenvalue weighted by Gasteiger charge is 2.08. The summed E-state index contributed by atoms with van der Waals surface area (Å²) in [5.41, 5.74) is 1.99. The molecule has 94 valence electrons. The largest absolute Gasteiger partial charge is 0.217 e. The van der Waals surface area contributed by atoms with Crippen LogP contribution in [0.15, 0.2) is 30.5 Å². The van der Waals surface area contributed by atoms with Gasteiger partial charge in [-0.25, -0.2) is 9.50 Å². The van der Waals surface area contributed by atoms with Crippen molar-refractivity contribution in [2.75, 3.05) is 0 Å². The first kappa shape index (κ1) is 13.5. The van der Waals surface area contributed by atoms with Crippen molar-refractivity contribution in [2.24, 2.45) is 0 Å². The molecule has 18 heavy (non-hydrogen) atoms. The van der Waals surface area contributed by atoms with E-state index in [1.54, 1.807) is 11.3 Å². The van der Waals surface area contributed by atoms with E-state index in [4.69, 9.17) is 11.6 Å². The van der Waals surface area contributed by atoms with E-state index in [9.17, 15) is 0 Å². The second-order valence-corrected chi connectivity index (χ2v) is 5.19. The van der Waals surface area contributed by atoms with Gasteiger partial charge in [0.15, 0.2) is 0 Å². The Balaban J connectivity index is 0.00000120. The molecular weight excluding hydrogens is 334 g/mol. The first-order chi connectivity index (χ1) is 8.26. The summed E-state index contributed by atoms with van der Waals surface area (Å²) in [6.45, 7) is 2.10. The lowest BCUT2D eigenvalue weighted by Crippen LogP contribution is -1.83. The minimum Gasteiger partial charge on any atom is -0.217 e. The normalized spacial score (nSPS) is 10.6. The van der Waals surface area contributed by atoms with Gasteiger partial charge in [0, 0.05) is 10.6 Å². The number of benzene rings is 1. The van der Waals surface area contributed by atoms with Gasteiger partial charge in [-0.3, -0.25) is 0 Å². The third-order valence-corrected chi connectivity index (χ3v) is 3.85. The zero-order valence-electron chi connectivity index (χ0n) is 9.63. The fraction of sp³-hybridized carbons (Fsp3) is 0.167. The summed E-state index contributed by atoms with van der Waals surface area (Å²) >= 11 is 7.49. The molecule has 2 heterocycles. The first-order valence-electron chi connectivity index (χ1n) is 5.37. The van der Waals surface area contributed by atoms with Crippen molar-refractivity contribution in [1.82, 2.24) is 14.6 Å². The zero-order chi connectivity index (χ0) is 11.8. The monoisotopic (exact) mass is 343 g/mol. The summed E-state index contributed by atoms with van der Waals surface area (Å²) in [4.78, 5) is 5.49. The van der Waals surface area contributed by atoms with Crippen LogP contribution in [-0.2, 0) is 6.42 Å². The van der Waals surface area contributed by atoms with Crippen molar-refractivity contribution < 1.29 is 0 Å². The Morgan fingerprint density at radius 3 is 2.61 bits per heavy atom. The van der Waals surface area contributed by atoms with Gasteiger partial charge in [-0.2, -0.15) is 5.10 Å². The number of imidazole rings is 1. The van der Waals surface area contributed by atoms with Crippen molar-refractivity contribution in [3.63, 3.8) is 0 Å². The molecular formula is C12H11BrClN3S. The molecule has 0 fully saturated rings. The topological polar surface area (TPSA) is 30.2 Å². The second-order valence-electron chi connectivity index (χ2n) is 3.71. The summed E-state index contributed by atoms with van der Waals surface area (Å²) < 4.78 is 1.84. The molecule has 0 aliphatic rings. The van der Waals surface area contributed by atoms with E-state index < -0.39 is 0 Å². The molecule has 1 aromatic carbocycles. The Kier molecular flexibility index (Phi) is 4.04. The van der Waals surface area contributed by atoms with Gasteiger partial charge < -0.3 is 0 Å². The molecule has 0 radical (unpaired) electrons. The van der Waals surface area contributed by atoms with Gasteiger partial charge in [0.1, 0.15) is 5.01 Å². The Hall–Kier alpha value is -0.910. The molecule has 0 aliphatic carbocycles. The van der Waals surface area contributed by atoms with Crippen LogP contribution in [0, 0.1) is 0 Å². The smallest absolute Gasteiger partial charge is 0.212 e. The van der Waals surface area contributed by atoms with E-state index in [1.165, 1.54) is 0 Å². The van der Waals surface area contributed by atoms with Gasteiger partial charge in [-0.05, 0) is 18.6 Å².